The lowest BCUT2D eigenvalue weighted by molar-refractivity contribution is -0.139. The van der Waals surface area contributed by atoms with Crippen molar-refractivity contribution in [3.8, 4) is 5.75 Å². The van der Waals surface area contributed by atoms with Crippen LogP contribution in [0.3, 0.4) is 0 Å². The van der Waals surface area contributed by atoms with Gasteiger partial charge in [0.2, 0.25) is 11.8 Å². The molecule has 0 heterocycles. The molecular formula is C30H35BrClN3O5S. The number of hydrogen-bond donors (Lipinski definition) is 1. The smallest absolute Gasteiger partial charge is 0.264 e. The van der Waals surface area contributed by atoms with Gasteiger partial charge < -0.3 is 15.0 Å². The summed E-state index contributed by atoms with van der Waals surface area (Å²) in [6.07, 6.45) is 1.71. The summed E-state index contributed by atoms with van der Waals surface area (Å²) >= 11 is 9.52. The number of carbonyl (C=O) groups is 2. The second kappa shape index (κ2) is 15.2. The predicted octanol–water partition coefficient (Wildman–Crippen LogP) is 6.03. The topological polar surface area (TPSA) is 96.0 Å². The summed E-state index contributed by atoms with van der Waals surface area (Å²) in [4.78, 5) is 28.4. The SMILES string of the molecule is CCCCNC(=O)C(C)N(Cc1cccc(Cl)c1)C(=O)CN(c1ccc(OCC)cc1)S(=O)(=O)c1ccc(Br)cc1. The van der Waals surface area contributed by atoms with Gasteiger partial charge in [-0.15, -0.1) is 0 Å². The first-order valence-electron chi connectivity index (χ1n) is 13.4. The van der Waals surface area contributed by atoms with Gasteiger partial charge in [-0.1, -0.05) is 53.0 Å². The van der Waals surface area contributed by atoms with Crippen LogP contribution in [0.4, 0.5) is 5.69 Å². The van der Waals surface area contributed by atoms with Crippen molar-refractivity contribution in [1.29, 1.82) is 0 Å². The second-order valence-electron chi connectivity index (χ2n) is 9.36. The summed E-state index contributed by atoms with van der Waals surface area (Å²) in [7, 11) is -4.17. The summed E-state index contributed by atoms with van der Waals surface area (Å²) in [5, 5.41) is 3.36. The molecule has 0 bridgehead atoms. The van der Waals surface area contributed by atoms with E-state index in [1.807, 2.05) is 13.8 Å². The molecular weight excluding hydrogens is 630 g/mol. The zero-order chi connectivity index (χ0) is 30.0. The van der Waals surface area contributed by atoms with E-state index in [1.54, 1.807) is 67.6 Å². The molecule has 41 heavy (non-hydrogen) atoms. The fraction of sp³-hybridized carbons (Fsp3) is 0.333. The van der Waals surface area contributed by atoms with Gasteiger partial charge >= 0.3 is 0 Å². The van der Waals surface area contributed by atoms with Gasteiger partial charge in [0.1, 0.15) is 18.3 Å². The Balaban J connectivity index is 2.00. The van der Waals surface area contributed by atoms with Gasteiger partial charge in [-0.05, 0) is 86.5 Å². The molecule has 3 aromatic rings. The lowest BCUT2D eigenvalue weighted by Gasteiger charge is -2.32. The number of rotatable bonds is 14. The van der Waals surface area contributed by atoms with Crippen LogP contribution in [-0.2, 0) is 26.2 Å². The fourth-order valence-electron chi connectivity index (χ4n) is 4.09. The third-order valence-electron chi connectivity index (χ3n) is 6.36. The van der Waals surface area contributed by atoms with Crippen LogP contribution in [0.1, 0.15) is 39.2 Å². The van der Waals surface area contributed by atoms with Crippen LogP contribution >= 0.6 is 27.5 Å². The zero-order valence-electron chi connectivity index (χ0n) is 23.3. The van der Waals surface area contributed by atoms with Gasteiger partial charge in [0.15, 0.2) is 0 Å². The first-order valence-corrected chi connectivity index (χ1v) is 16.0. The molecule has 1 unspecified atom stereocenters. The molecule has 0 aliphatic heterocycles. The number of ether oxygens (including phenoxy) is 1. The first-order chi connectivity index (χ1) is 19.6. The van der Waals surface area contributed by atoms with Crippen LogP contribution in [0.15, 0.2) is 82.2 Å². The maximum atomic E-state index is 14.0. The zero-order valence-corrected chi connectivity index (χ0v) is 26.5. The van der Waals surface area contributed by atoms with E-state index in [1.165, 1.54) is 17.0 Å². The lowest BCUT2D eigenvalue weighted by Crippen LogP contribution is -2.51. The van der Waals surface area contributed by atoms with Gasteiger partial charge in [0.25, 0.3) is 10.0 Å². The maximum Gasteiger partial charge on any atom is 0.264 e. The van der Waals surface area contributed by atoms with Gasteiger partial charge in [-0.2, -0.15) is 0 Å². The molecule has 0 fully saturated rings. The highest BCUT2D eigenvalue weighted by Crippen LogP contribution is 2.27. The van der Waals surface area contributed by atoms with Crippen molar-refractivity contribution < 1.29 is 22.7 Å². The van der Waals surface area contributed by atoms with E-state index in [2.05, 4.69) is 21.2 Å². The quantitative estimate of drug-likeness (QED) is 0.213. The minimum Gasteiger partial charge on any atom is -0.494 e. The van der Waals surface area contributed by atoms with Crippen LogP contribution < -0.4 is 14.4 Å². The van der Waals surface area contributed by atoms with Gasteiger partial charge in [-0.3, -0.25) is 13.9 Å². The minimum absolute atomic E-state index is 0.0223. The number of amides is 2. The van der Waals surface area contributed by atoms with Gasteiger partial charge in [0, 0.05) is 22.6 Å². The number of unbranched alkanes of at least 4 members (excludes halogenated alkanes) is 1. The van der Waals surface area contributed by atoms with Crippen molar-refractivity contribution in [2.75, 3.05) is 24.0 Å². The molecule has 0 aromatic heterocycles. The number of benzene rings is 3. The molecule has 0 saturated carbocycles. The summed E-state index contributed by atoms with van der Waals surface area (Å²) < 4.78 is 35.1. The standard InChI is InChI=1S/C30H35BrClN3O5S/c1-4-6-18-33-30(37)22(3)34(20-23-8-7-9-25(32)19-23)29(36)21-35(26-12-14-27(15-13-26)40-5-2)41(38,39)28-16-10-24(31)11-17-28/h7-17,19,22H,4-6,18,20-21H2,1-3H3,(H,33,37). The molecule has 0 aliphatic rings. The number of halogens is 2. The highest BCUT2D eigenvalue weighted by atomic mass is 79.9. The van der Waals surface area contributed by atoms with Gasteiger partial charge in [0.05, 0.1) is 17.2 Å². The Morgan fingerprint density at radius 3 is 2.32 bits per heavy atom. The van der Waals surface area contributed by atoms with E-state index < -0.39 is 28.5 Å². The number of sulfonamides is 1. The van der Waals surface area contributed by atoms with Crippen LogP contribution in [0.25, 0.3) is 0 Å². The van der Waals surface area contributed by atoms with E-state index in [-0.39, 0.29) is 23.0 Å². The molecule has 0 spiro atoms. The number of carbonyl (C=O) groups excluding carboxylic acids is 2. The molecule has 0 radical (unpaired) electrons. The van der Waals surface area contributed by atoms with Crippen LogP contribution in [-0.4, -0.2) is 50.9 Å². The number of nitrogens with one attached hydrogen (secondary N) is 1. The monoisotopic (exact) mass is 663 g/mol. The molecule has 0 saturated heterocycles. The molecule has 2 amide bonds. The molecule has 11 heteroatoms. The van der Waals surface area contributed by atoms with E-state index in [0.29, 0.717) is 29.5 Å². The van der Waals surface area contributed by atoms with Crippen molar-refractivity contribution in [2.24, 2.45) is 0 Å². The van der Waals surface area contributed by atoms with Crippen molar-refractivity contribution in [3.63, 3.8) is 0 Å². The van der Waals surface area contributed by atoms with E-state index in [4.69, 9.17) is 16.3 Å². The van der Waals surface area contributed by atoms with Crippen molar-refractivity contribution in [1.82, 2.24) is 10.2 Å². The Labute approximate surface area is 255 Å². The molecule has 3 aromatic carbocycles. The Bertz CT molecular complexity index is 1420. The summed E-state index contributed by atoms with van der Waals surface area (Å²) in [5.74, 6) is -0.293. The normalized spacial score (nSPS) is 11.9. The highest BCUT2D eigenvalue weighted by molar-refractivity contribution is 9.10. The van der Waals surface area contributed by atoms with E-state index in [9.17, 15) is 18.0 Å². The third kappa shape index (κ3) is 8.95. The number of hydrogen-bond acceptors (Lipinski definition) is 5. The minimum atomic E-state index is -4.17. The number of anilines is 1. The Morgan fingerprint density at radius 2 is 1.71 bits per heavy atom. The molecule has 1 atom stereocenters. The highest BCUT2D eigenvalue weighted by Gasteiger charge is 2.32. The van der Waals surface area contributed by atoms with Crippen LogP contribution in [0, 0.1) is 0 Å². The average molecular weight is 665 g/mol. The molecule has 220 valence electrons. The third-order valence-corrected chi connectivity index (χ3v) is 8.91. The number of nitrogens with zero attached hydrogens (tertiary/aromatic N) is 2. The van der Waals surface area contributed by atoms with E-state index in [0.717, 1.165) is 21.6 Å². The van der Waals surface area contributed by atoms with Crippen LogP contribution in [0.5, 0.6) is 5.75 Å². The van der Waals surface area contributed by atoms with Crippen molar-refractivity contribution in [3.05, 3.63) is 87.9 Å². The molecule has 3 rings (SSSR count). The van der Waals surface area contributed by atoms with Crippen molar-refractivity contribution in [2.45, 2.75) is 51.1 Å². The largest absolute Gasteiger partial charge is 0.494 e. The summed E-state index contributed by atoms with van der Waals surface area (Å²) in [6, 6.07) is 18.8. The van der Waals surface area contributed by atoms with E-state index >= 15 is 0 Å². The fourth-order valence-corrected chi connectivity index (χ4v) is 5.98. The maximum absolute atomic E-state index is 14.0. The Hall–Kier alpha value is -3.08. The predicted molar refractivity (Wildman–Crippen MR) is 166 cm³/mol. The Kier molecular flexibility index (Phi) is 12.1. The lowest BCUT2D eigenvalue weighted by atomic mass is 10.1. The average Bonchev–Trinajstić information content (AvgIpc) is 2.95. The Morgan fingerprint density at radius 1 is 1.02 bits per heavy atom. The van der Waals surface area contributed by atoms with Crippen molar-refractivity contribution >= 4 is 55.1 Å². The second-order valence-corrected chi connectivity index (χ2v) is 12.6. The summed E-state index contributed by atoms with van der Waals surface area (Å²) in [5.41, 5.74) is 0.995. The summed E-state index contributed by atoms with van der Waals surface area (Å²) in [6.45, 7) is 5.98. The molecule has 1 N–H and O–H groups in total. The first kappa shape index (κ1) is 32.4. The molecule has 8 nitrogen and oxygen atoms in total. The molecule has 0 aliphatic carbocycles. The van der Waals surface area contributed by atoms with Gasteiger partial charge in [-0.25, -0.2) is 8.42 Å². The van der Waals surface area contributed by atoms with Crippen LogP contribution in [0.2, 0.25) is 5.02 Å².